The summed E-state index contributed by atoms with van der Waals surface area (Å²) in [5.74, 6) is -1.39. The highest BCUT2D eigenvalue weighted by molar-refractivity contribution is 6.02. The van der Waals surface area contributed by atoms with Crippen molar-refractivity contribution in [2.75, 3.05) is 18.5 Å². The van der Waals surface area contributed by atoms with Crippen LogP contribution in [-0.2, 0) is 9.57 Å². The summed E-state index contributed by atoms with van der Waals surface area (Å²) < 4.78 is 18.5. The molecule has 1 aromatic carbocycles. The molecule has 1 fully saturated rings. The Bertz CT molecular complexity index is 805. The van der Waals surface area contributed by atoms with E-state index in [1.807, 2.05) is 0 Å². The van der Waals surface area contributed by atoms with Gasteiger partial charge in [-0.25, -0.2) is 9.18 Å². The largest absolute Gasteiger partial charge is 0.478 e. The predicted molar refractivity (Wildman–Crippen MR) is 97.3 cm³/mol. The van der Waals surface area contributed by atoms with Crippen molar-refractivity contribution in [3.05, 3.63) is 59.7 Å². The molecule has 2 aromatic rings. The van der Waals surface area contributed by atoms with E-state index in [-0.39, 0.29) is 17.9 Å². The molecule has 0 radical (unpaired) electrons. The average Bonchev–Trinajstić information content (AvgIpc) is 2.70. The van der Waals surface area contributed by atoms with Gasteiger partial charge in [-0.3, -0.25) is 4.98 Å². The number of oxime groups is 1. The third kappa shape index (κ3) is 5.49. The van der Waals surface area contributed by atoms with Crippen LogP contribution in [0.5, 0.6) is 0 Å². The minimum Gasteiger partial charge on any atom is -0.478 e. The Morgan fingerprint density at radius 1 is 1.33 bits per heavy atom. The Morgan fingerprint density at radius 2 is 2.15 bits per heavy atom. The number of carboxylic acids is 1. The summed E-state index contributed by atoms with van der Waals surface area (Å²) in [6, 6.07) is 8.71. The summed E-state index contributed by atoms with van der Waals surface area (Å²) in [7, 11) is 0. The van der Waals surface area contributed by atoms with Crippen molar-refractivity contribution < 1.29 is 23.9 Å². The van der Waals surface area contributed by atoms with Crippen LogP contribution in [0.3, 0.4) is 0 Å². The smallest absolute Gasteiger partial charge is 0.335 e. The maximum absolute atomic E-state index is 13.0. The molecule has 1 saturated heterocycles. The number of nitrogens with one attached hydrogen (secondary N) is 1. The molecule has 0 aliphatic carbocycles. The SMILES string of the molecule is O=C(O)c1ccnc(/C(CNc2ccc(F)cc2)=N/OC2CCCCO2)c1. The van der Waals surface area contributed by atoms with E-state index in [4.69, 9.17) is 9.57 Å². The number of anilines is 1. The van der Waals surface area contributed by atoms with Gasteiger partial charge < -0.3 is 20.0 Å². The van der Waals surface area contributed by atoms with Gasteiger partial charge in [-0.2, -0.15) is 0 Å². The number of halogens is 1. The Hall–Kier alpha value is -3.00. The van der Waals surface area contributed by atoms with E-state index in [0.29, 0.717) is 23.7 Å². The Morgan fingerprint density at radius 3 is 2.85 bits per heavy atom. The van der Waals surface area contributed by atoms with Crippen molar-refractivity contribution in [3.63, 3.8) is 0 Å². The molecule has 2 N–H and O–H groups in total. The van der Waals surface area contributed by atoms with Crippen molar-refractivity contribution in [2.45, 2.75) is 25.6 Å². The van der Waals surface area contributed by atoms with Crippen LogP contribution >= 0.6 is 0 Å². The zero-order valence-electron chi connectivity index (χ0n) is 14.6. The molecular formula is C19H20FN3O4. The van der Waals surface area contributed by atoms with Gasteiger partial charge in [0.15, 0.2) is 0 Å². The highest BCUT2D eigenvalue weighted by Crippen LogP contribution is 2.15. The predicted octanol–water partition coefficient (Wildman–Crippen LogP) is 3.28. The van der Waals surface area contributed by atoms with Gasteiger partial charge in [0.1, 0.15) is 11.5 Å². The maximum atomic E-state index is 13.0. The van der Waals surface area contributed by atoms with Crippen LogP contribution in [0.1, 0.15) is 35.3 Å². The average molecular weight is 373 g/mol. The first-order valence-corrected chi connectivity index (χ1v) is 8.65. The molecule has 27 heavy (non-hydrogen) atoms. The Labute approximate surface area is 155 Å². The van der Waals surface area contributed by atoms with Gasteiger partial charge in [-0.1, -0.05) is 5.16 Å². The number of pyridine rings is 1. The molecule has 2 heterocycles. The quantitative estimate of drug-likeness (QED) is 0.572. The van der Waals surface area contributed by atoms with E-state index in [9.17, 15) is 14.3 Å². The monoisotopic (exact) mass is 373 g/mol. The summed E-state index contributed by atoms with van der Waals surface area (Å²) in [6.45, 7) is 0.838. The van der Waals surface area contributed by atoms with Crippen LogP contribution in [-0.4, -0.2) is 41.2 Å². The zero-order chi connectivity index (χ0) is 19.1. The molecule has 1 aliphatic rings. The van der Waals surface area contributed by atoms with Crippen molar-refractivity contribution in [1.29, 1.82) is 0 Å². The molecule has 8 heteroatoms. The molecule has 0 spiro atoms. The van der Waals surface area contributed by atoms with Gasteiger partial charge in [-0.05, 0) is 49.2 Å². The molecular weight excluding hydrogens is 353 g/mol. The molecule has 1 aliphatic heterocycles. The lowest BCUT2D eigenvalue weighted by molar-refractivity contribution is -0.162. The topological polar surface area (TPSA) is 93.0 Å². The van der Waals surface area contributed by atoms with E-state index in [2.05, 4.69) is 15.5 Å². The molecule has 142 valence electrons. The summed E-state index contributed by atoms with van der Waals surface area (Å²) in [4.78, 5) is 20.9. The van der Waals surface area contributed by atoms with Crippen LogP contribution in [0.15, 0.2) is 47.8 Å². The highest BCUT2D eigenvalue weighted by atomic mass is 19.1. The molecule has 0 saturated carbocycles. The second-order valence-electron chi connectivity index (χ2n) is 6.03. The number of hydrogen-bond donors (Lipinski definition) is 2. The summed E-state index contributed by atoms with van der Waals surface area (Å²) in [6.07, 6.45) is 3.71. The lowest BCUT2D eigenvalue weighted by Gasteiger charge is -2.20. The highest BCUT2D eigenvalue weighted by Gasteiger charge is 2.16. The summed E-state index contributed by atoms with van der Waals surface area (Å²) in [5, 5.41) is 16.4. The van der Waals surface area contributed by atoms with Gasteiger partial charge >= 0.3 is 5.97 Å². The molecule has 1 aromatic heterocycles. The van der Waals surface area contributed by atoms with E-state index in [0.717, 1.165) is 19.3 Å². The summed E-state index contributed by atoms with van der Waals surface area (Å²) >= 11 is 0. The number of nitrogens with zero attached hydrogens (tertiary/aromatic N) is 2. The number of carbonyl (C=O) groups is 1. The molecule has 3 rings (SSSR count). The molecule has 0 bridgehead atoms. The minimum atomic E-state index is -1.05. The number of rotatable bonds is 7. The normalized spacial score (nSPS) is 17.4. The van der Waals surface area contributed by atoms with Gasteiger partial charge in [0, 0.05) is 18.3 Å². The zero-order valence-corrected chi connectivity index (χ0v) is 14.6. The van der Waals surface area contributed by atoms with E-state index >= 15 is 0 Å². The van der Waals surface area contributed by atoms with Crippen LogP contribution in [0.25, 0.3) is 0 Å². The van der Waals surface area contributed by atoms with Gasteiger partial charge in [-0.15, -0.1) is 0 Å². The first-order chi connectivity index (χ1) is 13.1. The van der Waals surface area contributed by atoms with Gasteiger partial charge in [0.25, 0.3) is 0 Å². The van der Waals surface area contributed by atoms with Crippen LogP contribution in [0, 0.1) is 5.82 Å². The van der Waals surface area contributed by atoms with Gasteiger partial charge in [0.05, 0.1) is 24.4 Å². The van der Waals surface area contributed by atoms with Crippen molar-refractivity contribution in [3.8, 4) is 0 Å². The molecule has 1 atom stereocenters. The number of aromatic nitrogens is 1. The van der Waals surface area contributed by atoms with Crippen molar-refractivity contribution in [1.82, 2.24) is 4.98 Å². The third-order valence-electron chi connectivity index (χ3n) is 4.03. The number of carboxylic acid groups (broad SMARTS) is 1. The van der Waals surface area contributed by atoms with Crippen LogP contribution in [0.4, 0.5) is 10.1 Å². The fourth-order valence-electron chi connectivity index (χ4n) is 2.56. The van der Waals surface area contributed by atoms with Gasteiger partial charge in [0.2, 0.25) is 6.29 Å². The van der Waals surface area contributed by atoms with Crippen molar-refractivity contribution >= 4 is 17.4 Å². The first-order valence-electron chi connectivity index (χ1n) is 8.65. The third-order valence-corrected chi connectivity index (χ3v) is 4.03. The molecule has 7 nitrogen and oxygen atoms in total. The van der Waals surface area contributed by atoms with E-state index in [1.165, 1.54) is 30.5 Å². The number of hydrogen-bond acceptors (Lipinski definition) is 6. The molecule has 1 unspecified atom stereocenters. The second-order valence-corrected chi connectivity index (χ2v) is 6.03. The Balaban J connectivity index is 1.77. The number of ether oxygens (including phenoxy) is 1. The van der Waals surface area contributed by atoms with Crippen LogP contribution < -0.4 is 5.32 Å². The van der Waals surface area contributed by atoms with Crippen molar-refractivity contribution in [2.24, 2.45) is 5.16 Å². The fraction of sp³-hybridized carbons (Fsp3) is 0.316. The first kappa shape index (κ1) is 18.8. The lowest BCUT2D eigenvalue weighted by Crippen LogP contribution is -2.23. The summed E-state index contributed by atoms with van der Waals surface area (Å²) in [5.41, 5.74) is 1.58. The minimum absolute atomic E-state index is 0.100. The second kappa shape index (κ2) is 9.09. The Kier molecular flexibility index (Phi) is 6.32. The number of benzene rings is 1. The standard InChI is InChI=1S/C19H20FN3O4/c20-14-4-6-15(7-5-14)22-12-17(23-27-18-3-1-2-10-26-18)16-11-13(19(24)25)8-9-21-16/h4-9,11,18,22H,1-3,10,12H2,(H,24,25)/b23-17+. The van der Waals surface area contributed by atoms with E-state index in [1.54, 1.807) is 12.1 Å². The number of aromatic carboxylic acids is 1. The molecule has 0 amide bonds. The van der Waals surface area contributed by atoms with E-state index < -0.39 is 12.3 Å². The van der Waals surface area contributed by atoms with Crippen LogP contribution in [0.2, 0.25) is 0 Å². The maximum Gasteiger partial charge on any atom is 0.335 e. The lowest BCUT2D eigenvalue weighted by atomic mass is 10.1. The fourth-order valence-corrected chi connectivity index (χ4v) is 2.56.